The molecule has 0 aromatic heterocycles. The van der Waals surface area contributed by atoms with Gasteiger partial charge >= 0.3 is 0 Å². The largest absolute Gasteiger partial charge is 0.316 e. The number of hydrogen-bond acceptors (Lipinski definition) is 2. The van der Waals surface area contributed by atoms with E-state index in [0.29, 0.717) is 0 Å². The Bertz CT molecular complexity index is 110. The first-order valence-electron chi connectivity index (χ1n) is 4.29. The molecule has 0 unspecified atom stereocenters. The van der Waals surface area contributed by atoms with Crippen LogP contribution in [0.25, 0.3) is 0 Å². The number of aldehydes is 1. The average Bonchev–Trinajstić information content (AvgIpc) is 1.99. The van der Waals surface area contributed by atoms with Crippen LogP contribution in [0.4, 0.5) is 0 Å². The molecule has 0 radical (unpaired) electrons. The first kappa shape index (κ1) is 10.6. The molecule has 0 aliphatic heterocycles. The van der Waals surface area contributed by atoms with Gasteiger partial charge in [-0.2, -0.15) is 0 Å². The van der Waals surface area contributed by atoms with Crippen LogP contribution in [-0.4, -0.2) is 19.4 Å². The van der Waals surface area contributed by atoms with Crippen molar-refractivity contribution in [3.63, 3.8) is 0 Å². The lowest BCUT2D eigenvalue weighted by atomic mass is 9.96. The van der Waals surface area contributed by atoms with Gasteiger partial charge in [-0.1, -0.05) is 27.2 Å². The van der Waals surface area contributed by atoms with E-state index in [0.717, 1.165) is 19.4 Å². The van der Waals surface area contributed by atoms with Crippen LogP contribution in [0, 0.1) is 5.41 Å². The van der Waals surface area contributed by atoms with Crippen molar-refractivity contribution in [2.24, 2.45) is 5.41 Å². The van der Waals surface area contributed by atoms with Gasteiger partial charge in [0.2, 0.25) is 0 Å². The van der Waals surface area contributed by atoms with E-state index in [1.807, 2.05) is 13.8 Å². The van der Waals surface area contributed by atoms with E-state index in [1.54, 1.807) is 0 Å². The van der Waals surface area contributed by atoms with Gasteiger partial charge in [0.15, 0.2) is 0 Å². The quantitative estimate of drug-likeness (QED) is 0.468. The lowest BCUT2D eigenvalue weighted by Gasteiger charge is -2.16. The van der Waals surface area contributed by atoms with E-state index >= 15 is 0 Å². The summed E-state index contributed by atoms with van der Waals surface area (Å²) in [6, 6.07) is 0. The second kappa shape index (κ2) is 5.30. The number of carbonyl (C=O) groups excluding carboxylic acids is 1. The Morgan fingerprint density at radius 3 is 2.55 bits per heavy atom. The Labute approximate surface area is 69.4 Å². The van der Waals surface area contributed by atoms with Crippen LogP contribution in [0.3, 0.4) is 0 Å². The molecule has 0 heterocycles. The van der Waals surface area contributed by atoms with Gasteiger partial charge < -0.3 is 10.1 Å². The molecular formula is C9H19NO. The predicted molar refractivity (Wildman–Crippen MR) is 47.6 cm³/mol. The molecule has 2 nitrogen and oxygen atoms in total. The Balaban J connectivity index is 3.30. The molecule has 0 atom stereocenters. The topological polar surface area (TPSA) is 29.1 Å². The molecule has 0 amide bonds. The van der Waals surface area contributed by atoms with Gasteiger partial charge in [-0.25, -0.2) is 0 Å². The number of rotatable bonds is 6. The summed E-state index contributed by atoms with van der Waals surface area (Å²) in [6.45, 7) is 7.86. The first-order valence-corrected chi connectivity index (χ1v) is 4.29. The van der Waals surface area contributed by atoms with Gasteiger partial charge in [-0.3, -0.25) is 0 Å². The Hall–Kier alpha value is -0.370. The molecule has 0 aromatic carbocycles. The van der Waals surface area contributed by atoms with E-state index in [9.17, 15) is 4.79 Å². The zero-order chi connectivity index (χ0) is 8.74. The summed E-state index contributed by atoms with van der Waals surface area (Å²) in [5.74, 6) is 0. The summed E-state index contributed by atoms with van der Waals surface area (Å²) < 4.78 is 0. The zero-order valence-corrected chi connectivity index (χ0v) is 7.81. The summed E-state index contributed by atoms with van der Waals surface area (Å²) in [5.41, 5.74) is -0.201. The fourth-order valence-electron chi connectivity index (χ4n) is 0.754. The van der Waals surface area contributed by atoms with E-state index in [-0.39, 0.29) is 5.41 Å². The lowest BCUT2D eigenvalue weighted by molar-refractivity contribution is -0.114. The molecular weight excluding hydrogens is 138 g/mol. The molecule has 0 saturated carbocycles. The number of hydrogen-bond donors (Lipinski definition) is 1. The van der Waals surface area contributed by atoms with Crippen molar-refractivity contribution in [3.05, 3.63) is 0 Å². The molecule has 0 fully saturated rings. The van der Waals surface area contributed by atoms with E-state index in [2.05, 4.69) is 12.2 Å². The van der Waals surface area contributed by atoms with Crippen molar-refractivity contribution in [3.8, 4) is 0 Å². The molecule has 2 heteroatoms. The van der Waals surface area contributed by atoms with Gasteiger partial charge in [0.1, 0.15) is 6.29 Å². The van der Waals surface area contributed by atoms with Crippen LogP contribution in [0.5, 0.6) is 0 Å². The molecule has 0 aliphatic rings. The first-order chi connectivity index (χ1) is 5.12. The molecule has 0 spiro atoms. The maximum atomic E-state index is 10.5. The minimum absolute atomic E-state index is 0.201. The second-order valence-electron chi connectivity index (χ2n) is 3.64. The van der Waals surface area contributed by atoms with Gasteiger partial charge in [0.05, 0.1) is 0 Å². The molecule has 0 saturated heterocycles. The monoisotopic (exact) mass is 157 g/mol. The normalized spacial score (nSPS) is 11.5. The summed E-state index contributed by atoms with van der Waals surface area (Å²) >= 11 is 0. The molecule has 11 heavy (non-hydrogen) atoms. The summed E-state index contributed by atoms with van der Waals surface area (Å²) in [7, 11) is 0. The number of unbranched alkanes of at least 4 members (excludes halogenated alkanes) is 1. The SMILES string of the molecule is CCCCNCC(C)(C)C=O. The fourth-order valence-corrected chi connectivity index (χ4v) is 0.754. The van der Waals surface area contributed by atoms with Crippen LogP contribution in [0.15, 0.2) is 0 Å². The maximum absolute atomic E-state index is 10.5. The minimum atomic E-state index is -0.201. The third kappa shape index (κ3) is 6.05. The Kier molecular flexibility index (Phi) is 5.12. The summed E-state index contributed by atoms with van der Waals surface area (Å²) in [5, 5.41) is 3.25. The number of carbonyl (C=O) groups is 1. The van der Waals surface area contributed by atoms with Gasteiger partial charge in [-0.05, 0) is 13.0 Å². The van der Waals surface area contributed by atoms with Crippen molar-refractivity contribution in [2.45, 2.75) is 33.6 Å². The van der Waals surface area contributed by atoms with Crippen LogP contribution < -0.4 is 5.32 Å². The van der Waals surface area contributed by atoms with Crippen LogP contribution in [0.1, 0.15) is 33.6 Å². The summed E-state index contributed by atoms with van der Waals surface area (Å²) in [4.78, 5) is 10.5. The van der Waals surface area contributed by atoms with Gasteiger partial charge in [0.25, 0.3) is 0 Å². The van der Waals surface area contributed by atoms with Crippen LogP contribution >= 0.6 is 0 Å². The molecule has 1 N–H and O–H groups in total. The molecule has 0 aromatic rings. The molecule has 66 valence electrons. The standard InChI is InChI=1S/C9H19NO/c1-4-5-6-10-7-9(2,3)8-11/h8,10H,4-7H2,1-3H3. The van der Waals surface area contributed by atoms with E-state index in [1.165, 1.54) is 12.8 Å². The molecule has 0 rings (SSSR count). The highest BCUT2D eigenvalue weighted by atomic mass is 16.1. The van der Waals surface area contributed by atoms with Gasteiger partial charge in [0, 0.05) is 12.0 Å². The van der Waals surface area contributed by atoms with E-state index < -0.39 is 0 Å². The Morgan fingerprint density at radius 2 is 2.09 bits per heavy atom. The molecule has 0 bridgehead atoms. The molecule has 0 aliphatic carbocycles. The maximum Gasteiger partial charge on any atom is 0.126 e. The number of nitrogens with one attached hydrogen (secondary N) is 1. The fraction of sp³-hybridized carbons (Fsp3) is 0.889. The third-order valence-corrected chi connectivity index (χ3v) is 1.61. The predicted octanol–water partition coefficient (Wildman–Crippen LogP) is 1.60. The van der Waals surface area contributed by atoms with E-state index in [4.69, 9.17) is 0 Å². The zero-order valence-electron chi connectivity index (χ0n) is 7.81. The van der Waals surface area contributed by atoms with Crippen LogP contribution in [0.2, 0.25) is 0 Å². The average molecular weight is 157 g/mol. The lowest BCUT2D eigenvalue weighted by Crippen LogP contribution is -2.31. The highest BCUT2D eigenvalue weighted by Crippen LogP contribution is 2.07. The van der Waals surface area contributed by atoms with Crippen molar-refractivity contribution >= 4 is 6.29 Å². The second-order valence-corrected chi connectivity index (χ2v) is 3.64. The van der Waals surface area contributed by atoms with Crippen LogP contribution in [-0.2, 0) is 4.79 Å². The van der Waals surface area contributed by atoms with Crippen molar-refractivity contribution in [2.75, 3.05) is 13.1 Å². The highest BCUT2D eigenvalue weighted by molar-refractivity contribution is 5.58. The Morgan fingerprint density at radius 1 is 1.45 bits per heavy atom. The van der Waals surface area contributed by atoms with Crippen molar-refractivity contribution in [1.82, 2.24) is 5.32 Å². The smallest absolute Gasteiger partial charge is 0.126 e. The van der Waals surface area contributed by atoms with Crippen molar-refractivity contribution in [1.29, 1.82) is 0 Å². The highest BCUT2D eigenvalue weighted by Gasteiger charge is 2.14. The summed E-state index contributed by atoms with van der Waals surface area (Å²) in [6.07, 6.45) is 3.40. The minimum Gasteiger partial charge on any atom is -0.316 e. The third-order valence-electron chi connectivity index (χ3n) is 1.61. The van der Waals surface area contributed by atoms with Crippen molar-refractivity contribution < 1.29 is 4.79 Å². The van der Waals surface area contributed by atoms with Gasteiger partial charge in [-0.15, -0.1) is 0 Å².